The first-order valence-corrected chi connectivity index (χ1v) is 7.12. The van der Waals surface area contributed by atoms with Crippen molar-refractivity contribution in [2.24, 2.45) is 0 Å². The second kappa shape index (κ2) is 5.44. The summed E-state index contributed by atoms with van der Waals surface area (Å²) in [4.78, 5) is 27.6. The van der Waals surface area contributed by atoms with E-state index in [1.807, 2.05) is 6.92 Å². The lowest BCUT2D eigenvalue weighted by Crippen LogP contribution is -2.65. The van der Waals surface area contributed by atoms with Gasteiger partial charge in [0, 0.05) is 32.7 Å². The van der Waals surface area contributed by atoms with E-state index < -0.39 is 11.8 Å². The van der Waals surface area contributed by atoms with Crippen molar-refractivity contribution < 1.29 is 14.0 Å². The molecule has 2 heterocycles. The Bertz CT molecular complexity index is 590. The normalized spacial score (nSPS) is 22.5. The molecule has 0 aliphatic carbocycles. The molecular formula is C15H18FN3O2. The number of carbonyl (C=O) groups is 2. The van der Waals surface area contributed by atoms with Gasteiger partial charge in [0.25, 0.3) is 0 Å². The number of halogens is 1. The maximum atomic E-state index is 13.1. The molecule has 1 aromatic rings. The zero-order valence-electron chi connectivity index (χ0n) is 11.9. The summed E-state index contributed by atoms with van der Waals surface area (Å²) in [5.41, 5.74) is 1.66. The number of fused-ring (bicyclic) bond motifs is 1. The maximum Gasteiger partial charge on any atom is 0.312 e. The summed E-state index contributed by atoms with van der Waals surface area (Å²) in [6, 6.07) is 4.53. The van der Waals surface area contributed by atoms with Gasteiger partial charge in [0.2, 0.25) is 0 Å². The molecule has 3 rings (SSSR count). The van der Waals surface area contributed by atoms with Gasteiger partial charge in [0.1, 0.15) is 5.82 Å². The van der Waals surface area contributed by atoms with Crippen molar-refractivity contribution in [1.29, 1.82) is 0 Å². The highest BCUT2D eigenvalue weighted by Gasteiger charge is 2.39. The summed E-state index contributed by atoms with van der Waals surface area (Å²) < 4.78 is 13.1. The van der Waals surface area contributed by atoms with Gasteiger partial charge in [-0.25, -0.2) is 4.39 Å². The van der Waals surface area contributed by atoms with Crippen LogP contribution in [-0.4, -0.2) is 53.8 Å². The summed E-state index contributed by atoms with van der Waals surface area (Å²) in [6.45, 7) is 4.70. The highest BCUT2D eigenvalue weighted by molar-refractivity contribution is 6.35. The van der Waals surface area contributed by atoms with E-state index in [2.05, 4.69) is 5.32 Å². The molecule has 2 saturated heterocycles. The third kappa shape index (κ3) is 2.63. The number of hydrogen-bond donors (Lipinski definition) is 1. The van der Waals surface area contributed by atoms with Crippen molar-refractivity contribution in [2.45, 2.75) is 19.5 Å². The van der Waals surface area contributed by atoms with Gasteiger partial charge >= 0.3 is 11.8 Å². The summed E-state index contributed by atoms with van der Waals surface area (Å²) in [6.07, 6.45) is 0. The Balaban J connectivity index is 1.78. The molecule has 0 bridgehead atoms. The number of nitrogens with zero attached hydrogens (tertiary/aromatic N) is 2. The van der Waals surface area contributed by atoms with Crippen LogP contribution in [0.25, 0.3) is 0 Å². The molecule has 2 amide bonds. The third-order valence-corrected chi connectivity index (χ3v) is 4.18. The fourth-order valence-corrected chi connectivity index (χ4v) is 2.97. The number of hydrogen-bond acceptors (Lipinski definition) is 3. The van der Waals surface area contributed by atoms with Gasteiger partial charge < -0.3 is 15.1 Å². The molecule has 0 radical (unpaired) electrons. The Labute approximate surface area is 122 Å². The van der Waals surface area contributed by atoms with Crippen molar-refractivity contribution >= 4 is 11.8 Å². The molecule has 6 heteroatoms. The lowest BCUT2D eigenvalue weighted by Gasteiger charge is -2.43. The molecule has 1 unspecified atom stereocenters. The molecule has 0 saturated carbocycles. The van der Waals surface area contributed by atoms with Crippen LogP contribution in [0.4, 0.5) is 4.39 Å². The highest BCUT2D eigenvalue weighted by atomic mass is 19.1. The van der Waals surface area contributed by atoms with E-state index in [0.717, 1.165) is 17.7 Å². The molecule has 5 nitrogen and oxygen atoms in total. The Morgan fingerprint density at radius 3 is 2.90 bits per heavy atom. The number of carbonyl (C=O) groups excluding carboxylic acids is 2. The van der Waals surface area contributed by atoms with E-state index >= 15 is 0 Å². The minimum atomic E-state index is -0.461. The lowest BCUT2D eigenvalue weighted by molar-refractivity contribution is -0.160. The zero-order valence-corrected chi connectivity index (χ0v) is 11.9. The Morgan fingerprint density at radius 2 is 2.14 bits per heavy atom. The fraction of sp³-hybridized carbons (Fsp3) is 0.467. The number of amides is 2. The minimum Gasteiger partial charge on any atom is -0.328 e. The van der Waals surface area contributed by atoms with Crippen molar-refractivity contribution in [3.63, 3.8) is 0 Å². The van der Waals surface area contributed by atoms with E-state index in [4.69, 9.17) is 0 Å². The molecule has 0 spiro atoms. The molecule has 1 aromatic carbocycles. The van der Waals surface area contributed by atoms with Gasteiger partial charge in [-0.05, 0) is 30.2 Å². The van der Waals surface area contributed by atoms with Gasteiger partial charge in [-0.3, -0.25) is 9.59 Å². The van der Waals surface area contributed by atoms with Crippen LogP contribution in [0.5, 0.6) is 0 Å². The van der Waals surface area contributed by atoms with Crippen LogP contribution in [0.15, 0.2) is 18.2 Å². The number of aryl methyl sites for hydroxylation is 1. The van der Waals surface area contributed by atoms with Crippen LogP contribution in [0.1, 0.15) is 11.1 Å². The molecule has 0 aromatic heterocycles. The summed E-state index contributed by atoms with van der Waals surface area (Å²) in [7, 11) is 0. The van der Waals surface area contributed by atoms with Crippen LogP contribution in [0.3, 0.4) is 0 Å². The quantitative estimate of drug-likeness (QED) is 0.796. The van der Waals surface area contributed by atoms with E-state index in [0.29, 0.717) is 26.2 Å². The van der Waals surface area contributed by atoms with E-state index in [9.17, 15) is 14.0 Å². The third-order valence-electron chi connectivity index (χ3n) is 4.18. The van der Waals surface area contributed by atoms with Gasteiger partial charge in [0.15, 0.2) is 0 Å². The second-order valence-electron chi connectivity index (χ2n) is 5.61. The Hall–Kier alpha value is -1.95. The van der Waals surface area contributed by atoms with E-state index in [-0.39, 0.29) is 11.9 Å². The summed E-state index contributed by atoms with van der Waals surface area (Å²) in [5, 5.41) is 3.24. The molecule has 2 aliphatic heterocycles. The van der Waals surface area contributed by atoms with E-state index in [1.54, 1.807) is 15.9 Å². The maximum absolute atomic E-state index is 13.1. The minimum absolute atomic E-state index is 0.0321. The standard InChI is InChI=1S/C15H18FN3O2/c1-10-6-12(16)3-2-11(10)8-18-9-13-7-17-4-5-19(13)15(21)14(18)20/h2-3,6,13,17H,4-5,7-9H2,1H3. The molecule has 2 aliphatic rings. The van der Waals surface area contributed by atoms with E-state index in [1.165, 1.54) is 12.1 Å². The Kier molecular flexibility index (Phi) is 3.63. The van der Waals surface area contributed by atoms with Crippen molar-refractivity contribution in [2.75, 3.05) is 26.2 Å². The molecule has 21 heavy (non-hydrogen) atoms. The molecular weight excluding hydrogens is 273 g/mol. The highest BCUT2D eigenvalue weighted by Crippen LogP contribution is 2.18. The number of piperazine rings is 2. The SMILES string of the molecule is Cc1cc(F)ccc1CN1CC2CNCCN2C(=O)C1=O. The van der Waals surface area contributed by atoms with Gasteiger partial charge in [-0.2, -0.15) is 0 Å². The van der Waals surface area contributed by atoms with Crippen molar-refractivity contribution in [1.82, 2.24) is 15.1 Å². The predicted octanol–water partition coefficient (Wildman–Crippen LogP) is 0.277. The van der Waals surface area contributed by atoms with Crippen LogP contribution in [-0.2, 0) is 16.1 Å². The molecule has 2 fully saturated rings. The molecule has 112 valence electrons. The largest absolute Gasteiger partial charge is 0.328 e. The van der Waals surface area contributed by atoms with Crippen LogP contribution >= 0.6 is 0 Å². The van der Waals surface area contributed by atoms with Crippen LogP contribution in [0.2, 0.25) is 0 Å². The van der Waals surface area contributed by atoms with Crippen molar-refractivity contribution in [3.05, 3.63) is 35.1 Å². The smallest absolute Gasteiger partial charge is 0.312 e. The average molecular weight is 291 g/mol. The first-order valence-electron chi connectivity index (χ1n) is 7.12. The van der Waals surface area contributed by atoms with Crippen molar-refractivity contribution in [3.8, 4) is 0 Å². The summed E-state index contributed by atoms with van der Waals surface area (Å²) in [5.74, 6) is -1.18. The topological polar surface area (TPSA) is 52.6 Å². The average Bonchev–Trinajstić information content (AvgIpc) is 2.47. The molecule has 1 atom stereocenters. The van der Waals surface area contributed by atoms with Gasteiger partial charge in [-0.15, -0.1) is 0 Å². The van der Waals surface area contributed by atoms with Crippen LogP contribution < -0.4 is 5.32 Å². The number of nitrogens with one attached hydrogen (secondary N) is 1. The number of benzene rings is 1. The number of rotatable bonds is 2. The first-order chi connectivity index (χ1) is 10.1. The monoisotopic (exact) mass is 291 g/mol. The first kappa shape index (κ1) is 14.0. The van der Waals surface area contributed by atoms with Crippen LogP contribution in [0, 0.1) is 12.7 Å². The predicted molar refractivity (Wildman–Crippen MR) is 74.9 cm³/mol. The van der Waals surface area contributed by atoms with Gasteiger partial charge in [0.05, 0.1) is 6.04 Å². The summed E-state index contributed by atoms with van der Waals surface area (Å²) >= 11 is 0. The fourth-order valence-electron chi connectivity index (χ4n) is 2.97. The zero-order chi connectivity index (χ0) is 15.0. The lowest BCUT2D eigenvalue weighted by atomic mass is 10.0. The van der Waals surface area contributed by atoms with Gasteiger partial charge in [-0.1, -0.05) is 6.07 Å². The Morgan fingerprint density at radius 1 is 1.33 bits per heavy atom. The molecule has 1 N–H and O–H groups in total. The second-order valence-corrected chi connectivity index (χ2v) is 5.61.